The highest BCUT2D eigenvalue weighted by Crippen LogP contribution is 2.37. The van der Waals surface area contributed by atoms with E-state index in [4.69, 9.17) is 9.47 Å². The van der Waals surface area contributed by atoms with Crippen LogP contribution in [0.1, 0.15) is 49.0 Å². The number of para-hydroxylation sites is 2. The first-order chi connectivity index (χ1) is 21.1. The van der Waals surface area contributed by atoms with Gasteiger partial charge < -0.3 is 34.7 Å². The molecule has 0 saturated heterocycles. The van der Waals surface area contributed by atoms with Gasteiger partial charge in [0.15, 0.2) is 0 Å². The van der Waals surface area contributed by atoms with Crippen LogP contribution in [0.25, 0.3) is 10.8 Å². The lowest BCUT2D eigenvalue weighted by Gasteiger charge is -2.27. The third-order valence-electron chi connectivity index (χ3n) is 7.80. The standard InChI is InChI=1S/C33H38N4O7/c1-20(38)9-8-12-30(39)36-19-26(35-31(40)21(2)34-3)32(41)37(28-11-7-6-10-27(28)36)18-25-24-15-13-23(33(42)44-5)17-22(24)14-16-29(25)43-4/h6-7,10-11,13-17,21,26,34H,8-9,12,18-19H2,1-5H3,(H,35,40). The molecule has 3 aromatic rings. The Kier molecular flexibility index (Phi) is 10.3. The second kappa shape index (κ2) is 14.1. The van der Waals surface area contributed by atoms with Crippen molar-refractivity contribution in [3.05, 3.63) is 65.7 Å². The van der Waals surface area contributed by atoms with Gasteiger partial charge in [-0.3, -0.25) is 14.4 Å². The molecule has 1 aliphatic heterocycles. The smallest absolute Gasteiger partial charge is 0.337 e. The molecule has 0 aliphatic carbocycles. The summed E-state index contributed by atoms with van der Waals surface area (Å²) in [5.41, 5.74) is 2.06. The normalized spacial score (nSPS) is 15.3. The number of rotatable bonds is 11. The van der Waals surface area contributed by atoms with Crippen LogP contribution < -0.4 is 25.2 Å². The van der Waals surface area contributed by atoms with Crippen LogP contribution in [0.4, 0.5) is 11.4 Å². The summed E-state index contributed by atoms with van der Waals surface area (Å²) in [4.78, 5) is 67.7. The predicted molar refractivity (Wildman–Crippen MR) is 167 cm³/mol. The summed E-state index contributed by atoms with van der Waals surface area (Å²) in [6.07, 6.45) is 0.749. The van der Waals surface area contributed by atoms with Crippen LogP contribution in [0.2, 0.25) is 0 Å². The Morgan fingerprint density at radius 1 is 1.00 bits per heavy atom. The molecule has 0 bridgehead atoms. The van der Waals surface area contributed by atoms with E-state index in [1.54, 1.807) is 67.4 Å². The number of hydrogen-bond acceptors (Lipinski definition) is 8. The molecule has 44 heavy (non-hydrogen) atoms. The fourth-order valence-electron chi connectivity index (χ4n) is 5.28. The van der Waals surface area contributed by atoms with Crippen molar-refractivity contribution in [3.63, 3.8) is 0 Å². The number of benzene rings is 3. The first kappa shape index (κ1) is 32.2. The van der Waals surface area contributed by atoms with Gasteiger partial charge in [0.25, 0.3) is 5.91 Å². The molecule has 4 rings (SSSR count). The minimum atomic E-state index is -1.06. The summed E-state index contributed by atoms with van der Waals surface area (Å²) in [6.45, 7) is 3.13. The zero-order valence-electron chi connectivity index (χ0n) is 25.6. The monoisotopic (exact) mass is 602 g/mol. The maximum atomic E-state index is 14.4. The van der Waals surface area contributed by atoms with Gasteiger partial charge in [-0.1, -0.05) is 24.3 Å². The molecule has 2 N–H and O–H groups in total. The van der Waals surface area contributed by atoms with Gasteiger partial charge in [0.05, 0.1) is 50.3 Å². The minimum absolute atomic E-state index is 0.00986. The maximum absolute atomic E-state index is 14.4. The average molecular weight is 603 g/mol. The van der Waals surface area contributed by atoms with E-state index in [2.05, 4.69) is 10.6 Å². The number of Topliss-reactive ketones (excluding diaryl/α,β-unsaturated/α-hetero) is 1. The van der Waals surface area contributed by atoms with Gasteiger partial charge in [-0.25, -0.2) is 4.79 Å². The lowest BCUT2D eigenvalue weighted by molar-refractivity contribution is -0.128. The molecule has 11 nitrogen and oxygen atoms in total. The summed E-state index contributed by atoms with van der Waals surface area (Å²) >= 11 is 0. The number of carbonyl (C=O) groups is 5. The van der Waals surface area contributed by atoms with E-state index in [9.17, 15) is 24.0 Å². The fourth-order valence-corrected chi connectivity index (χ4v) is 5.28. The van der Waals surface area contributed by atoms with Crippen LogP contribution in [0.5, 0.6) is 5.75 Å². The van der Waals surface area contributed by atoms with Crippen molar-refractivity contribution in [1.82, 2.24) is 10.6 Å². The Labute approximate surface area is 256 Å². The molecule has 0 fully saturated rings. The largest absolute Gasteiger partial charge is 0.496 e. The molecule has 11 heteroatoms. The van der Waals surface area contributed by atoms with Crippen molar-refractivity contribution in [3.8, 4) is 5.75 Å². The summed E-state index contributed by atoms with van der Waals surface area (Å²) in [6, 6.07) is 14.2. The van der Waals surface area contributed by atoms with Crippen LogP contribution in [-0.4, -0.2) is 69.4 Å². The molecule has 3 aromatic carbocycles. The molecule has 1 aliphatic rings. The second-order valence-electron chi connectivity index (χ2n) is 10.7. The van der Waals surface area contributed by atoms with Crippen molar-refractivity contribution < 1.29 is 33.4 Å². The number of anilines is 2. The van der Waals surface area contributed by atoms with E-state index in [0.717, 1.165) is 10.8 Å². The molecular weight excluding hydrogens is 564 g/mol. The summed E-state index contributed by atoms with van der Waals surface area (Å²) in [5.74, 6) is -1.00. The van der Waals surface area contributed by atoms with Crippen LogP contribution in [-0.2, 0) is 30.5 Å². The Balaban J connectivity index is 1.83. The highest BCUT2D eigenvalue weighted by atomic mass is 16.5. The molecule has 0 spiro atoms. The number of likely N-dealkylation sites (N-methyl/N-ethyl adjacent to an activating group) is 1. The van der Waals surface area contributed by atoms with Gasteiger partial charge in [0.2, 0.25) is 11.8 Å². The van der Waals surface area contributed by atoms with Gasteiger partial charge in [-0.15, -0.1) is 0 Å². The lowest BCUT2D eigenvalue weighted by atomic mass is 10.00. The van der Waals surface area contributed by atoms with E-state index in [0.29, 0.717) is 34.7 Å². The van der Waals surface area contributed by atoms with E-state index in [1.807, 2.05) is 6.07 Å². The van der Waals surface area contributed by atoms with E-state index in [1.165, 1.54) is 26.0 Å². The fraction of sp³-hybridized carbons (Fsp3) is 0.364. The van der Waals surface area contributed by atoms with Crippen LogP contribution >= 0.6 is 0 Å². The molecule has 2 atom stereocenters. The zero-order chi connectivity index (χ0) is 32.0. The topological polar surface area (TPSA) is 134 Å². The van der Waals surface area contributed by atoms with E-state index in [-0.39, 0.29) is 43.5 Å². The molecular formula is C33H38N4O7. The number of hydrogen-bond donors (Lipinski definition) is 2. The molecule has 0 saturated carbocycles. The number of carbonyl (C=O) groups excluding carboxylic acids is 5. The summed E-state index contributed by atoms with van der Waals surface area (Å²) in [5, 5.41) is 7.22. The average Bonchev–Trinajstić information content (AvgIpc) is 3.14. The number of methoxy groups -OCH3 is 2. The quantitative estimate of drug-likeness (QED) is 0.319. The minimum Gasteiger partial charge on any atom is -0.496 e. The van der Waals surface area contributed by atoms with Crippen LogP contribution in [0.15, 0.2) is 54.6 Å². The summed E-state index contributed by atoms with van der Waals surface area (Å²) in [7, 11) is 4.50. The van der Waals surface area contributed by atoms with Gasteiger partial charge in [-0.05, 0) is 68.4 Å². The highest BCUT2D eigenvalue weighted by molar-refractivity contribution is 6.08. The van der Waals surface area contributed by atoms with E-state index >= 15 is 0 Å². The Hall–Kier alpha value is -4.77. The van der Waals surface area contributed by atoms with Crippen molar-refractivity contribution in [2.45, 2.75) is 51.7 Å². The number of amides is 3. The van der Waals surface area contributed by atoms with E-state index < -0.39 is 24.0 Å². The van der Waals surface area contributed by atoms with Gasteiger partial charge >= 0.3 is 5.97 Å². The predicted octanol–water partition coefficient (Wildman–Crippen LogP) is 3.37. The van der Waals surface area contributed by atoms with Gasteiger partial charge in [0.1, 0.15) is 17.6 Å². The van der Waals surface area contributed by atoms with Crippen LogP contribution in [0.3, 0.4) is 0 Å². The Morgan fingerprint density at radius 3 is 2.39 bits per heavy atom. The highest BCUT2D eigenvalue weighted by Gasteiger charge is 2.37. The third-order valence-corrected chi connectivity index (χ3v) is 7.80. The number of nitrogens with one attached hydrogen (secondary N) is 2. The SMILES string of the molecule is CNC(C)C(=O)NC1CN(C(=O)CCCC(C)=O)c2ccccc2N(Cc2c(OC)ccc3cc(C(=O)OC)ccc23)C1=O. The Bertz CT molecular complexity index is 1590. The van der Waals surface area contributed by atoms with Crippen molar-refractivity contribution >= 4 is 51.6 Å². The van der Waals surface area contributed by atoms with Crippen molar-refractivity contribution in [2.75, 3.05) is 37.6 Å². The number of ether oxygens (including phenoxy) is 2. The molecule has 0 aromatic heterocycles. The molecule has 1 heterocycles. The van der Waals surface area contributed by atoms with Crippen LogP contribution in [0, 0.1) is 0 Å². The molecule has 232 valence electrons. The second-order valence-corrected chi connectivity index (χ2v) is 10.7. The summed E-state index contributed by atoms with van der Waals surface area (Å²) < 4.78 is 10.6. The van der Waals surface area contributed by atoms with Crippen molar-refractivity contribution in [2.24, 2.45) is 0 Å². The molecule has 0 radical (unpaired) electrons. The zero-order valence-corrected chi connectivity index (χ0v) is 25.6. The number of esters is 1. The lowest BCUT2D eigenvalue weighted by Crippen LogP contribution is -2.55. The molecule has 3 amide bonds. The third kappa shape index (κ3) is 6.89. The van der Waals surface area contributed by atoms with Gasteiger partial charge in [-0.2, -0.15) is 0 Å². The van der Waals surface area contributed by atoms with Crippen molar-refractivity contribution in [1.29, 1.82) is 0 Å². The first-order valence-electron chi connectivity index (χ1n) is 14.4. The number of nitrogens with zero attached hydrogens (tertiary/aromatic N) is 2. The number of fused-ring (bicyclic) bond motifs is 2. The van der Waals surface area contributed by atoms with Gasteiger partial charge in [0, 0.05) is 18.4 Å². The molecule has 2 unspecified atom stereocenters. The Morgan fingerprint density at radius 2 is 1.73 bits per heavy atom. The maximum Gasteiger partial charge on any atom is 0.337 e. The first-order valence-corrected chi connectivity index (χ1v) is 14.4. The number of ketones is 1.